The fourth-order valence-corrected chi connectivity index (χ4v) is 7.47. The van der Waals surface area contributed by atoms with E-state index in [-0.39, 0.29) is 18.1 Å². The third-order valence-electron chi connectivity index (χ3n) is 9.82. The SMILES string of the molecule is [2H]c1c(-c2ccc3c(c2)c2ccc(-c4ccccc4)cc2n3-c2ccccc2)c([2H])c2c3ccccc3n(-c3cccc(-c4ccccc4)c3)c2c1[2H]. The van der Waals surface area contributed by atoms with Gasteiger partial charge in [-0.3, -0.25) is 0 Å². The summed E-state index contributed by atoms with van der Waals surface area (Å²) in [5.74, 6) is 0. The standard InChI is InChI=1S/C48H32N2/c1-4-13-33(14-5-1)35-17-12-20-40(29-35)50-45-22-11-10-21-41(45)43-30-36(25-28-47(43)50)37-24-27-46-44(31-37)42-26-23-38(34-15-6-2-7-16-34)32-48(42)49(46)39-18-8-3-9-19-39/h1-32H/i25D,28D,30D. The van der Waals surface area contributed by atoms with Gasteiger partial charge in [0.2, 0.25) is 0 Å². The predicted octanol–water partition coefficient (Wildman–Crippen LogP) is 12.9. The molecule has 10 aromatic rings. The molecule has 0 atom stereocenters. The minimum Gasteiger partial charge on any atom is -0.309 e. The molecule has 0 radical (unpaired) electrons. The molecule has 8 aromatic carbocycles. The van der Waals surface area contributed by atoms with Crippen molar-refractivity contribution >= 4 is 43.6 Å². The van der Waals surface area contributed by atoms with E-state index >= 15 is 0 Å². The summed E-state index contributed by atoms with van der Waals surface area (Å²) in [6.07, 6.45) is 0. The van der Waals surface area contributed by atoms with Crippen molar-refractivity contribution in [2.45, 2.75) is 0 Å². The lowest BCUT2D eigenvalue weighted by molar-refractivity contribution is 1.18. The average molecular weight is 640 g/mol. The van der Waals surface area contributed by atoms with E-state index in [1.807, 2.05) is 72.8 Å². The minimum absolute atomic E-state index is 0.0447. The average Bonchev–Trinajstić information content (AvgIpc) is 3.74. The smallest absolute Gasteiger partial charge is 0.0645 e. The zero-order chi connectivity index (χ0) is 35.6. The molecule has 0 bridgehead atoms. The van der Waals surface area contributed by atoms with Crippen molar-refractivity contribution in [3.8, 4) is 44.8 Å². The zero-order valence-electron chi connectivity index (χ0n) is 30.1. The second kappa shape index (κ2) is 11.5. The van der Waals surface area contributed by atoms with E-state index in [2.05, 4.69) is 112 Å². The van der Waals surface area contributed by atoms with Gasteiger partial charge in [0, 0.05) is 32.9 Å². The van der Waals surface area contributed by atoms with E-state index < -0.39 is 0 Å². The second-order valence-corrected chi connectivity index (χ2v) is 12.7. The molecular weight excluding hydrogens is 605 g/mol. The largest absolute Gasteiger partial charge is 0.309 e. The first-order valence-electron chi connectivity index (χ1n) is 18.4. The molecule has 0 amide bonds. The molecule has 2 nitrogen and oxygen atoms in total. The molecule has 0 aliphatic rings. The Morgan fingerprint density at radius 1 is 0.300 bits per heavy atom. The maximum Gasteiger partial charge on any atom is 0.0645 e. The van der Waals surface area contributed by atoms with Crippen LogP contribution in [0.5, 0.6) is 0 Å². The van der Waals surface area contributed by atoms with Crippen LogP contribution in [0.2, 0.25) is 0 Å². The van der Waals surface area contributed by atoms with Gasteiger partial charge in [0.25, 0.3) is 0 Å². The molecule has 0 aliphatic carbocycles. The highest BCUT2D eigenvalue weighted by molar-refractivity contribution is 6.13. The molecule has 0 fully saturated rings. The van der Waals surface area contributed by atoms with Gasteiger partial charge in [0.15, 0.2) is 0 Å². The van der Waals surface area contributed by atoms with Crippen molar-refractivity contribution in [2.24, 2.45) is 0 Å². The highest BCUT2D eigenvalue weighted by atomic mass is 15.0. The van der Waals surface area contributed by atoms with E-state index in [1.165, 1.54) is 0 Å². The Kier molecular flexibility index (Phi) is 5.84. The summed E-state index contributed by atoms with van der Waals surface area (Å²) in [6.45, 7) is 0. The molecule has 234 valence electrons. The van der Waals surface area contributed by atoms with Crippen molar-refractivity contribution in [1.29, 1.82) is 0 Å². The third-order valence-corrected chi connectivity index (χ3v) is 9.82. The summed E-state index contributed by atoms with van der Waals surface area (Å²) in [6, 6.07) is 60.6. The summed E-state index contributed by atoms with van der Waals surface area (Å²) in [5, 5.41) is 3.70. The van der Waals surface area contributed by atoms with Gasteiger partial charge in [-0.25, -0.2) is 0 Å². The number of aromatic nitrogens is 2. The first kappa shape index (κ1) is 25.4. The van der Waals surface area contributed by atoms with Gasteiger partial charge in [-0.15, -0.1) is 0 Å². The Hall–Kier alpha value is -6.64. The van der Waals surface area contributed by atoms with E-state index in [9.17, 15) is 4.11 Å². The van der Waals surface area contributed by atoms with Crippen LogP contribution < -0.4 is 0 Å². The van der Waals surface area contributed by atoms with Crippen LogP contribution in [0, 0.1) is 0 Å². The molecule has 10 rings (SSSR count). The van der Waals surface area contributed by atoms with Gasteiger partial charge in [-0.1, -0.05) is 133 Å². The van der Waals surface area contributed by atoms with Crippen LogP contribution in [0.4, 0.5) is 0 Å². The van der Waals surface area contributed by atoms with Crippen LogP contribution >= 0.6 is 0 Å². The van der Waals surface area contributed by atoms with Gasteiger partial charge in [-0.05, 0) is 94.0 Å². The van der Waals surface area contributed by atoms with Crippen LogP contribution in [0.3, 0.4) is 0 Å². The molecule has 0 spiro atoms. The molecule has 2 aromatic heterocycles. The van der Waals surface area contributed by atoms with Gasteiger partial charge >= 0.3 is 0 Å². The first-order valence-corrected chi connectivity index (χ1v) is 16.9. The van der Waals surface area contributed by atoms with Crippen molar-refractivity contribution in [2.75, 3.05) is 0 Å². The maximum atomic E-state index is 9.76. The van der Waals surface area contributed by atoms with E-state index in [1.54, 1.807) is 0 Å². The molecule has 0 N–H and O–H groups in total. The molecule has 2 heterocycles. The minimum atomic E-state index is 0.0447. The number of benzene rings is 8. The Labute approximate surface area is 294 Å². The summed E-state index contributed by atoms with van der Waals surface area (Å²) >= 11 is 0. The second-order valence-electron chi connectivity index (χ2n) is 12.7. The molecule has 50 heavy (non-hydrogen) atoms. The Morgan fingerprint density at radius 2 is 0.860 bits per heavy atom. The Balaban J connectivity index is 1.21. The van der Waals surface area contributed by atoms with Crippen LogP contribution in [-0.2, 0) is 0 Å². The molecule has 0 saturated carbocycles. The van der Waals surface area contributed by atoms with Crippen LogP contribution in [0.25, 0.3) is 88.4 Å². The van der Waals surface area contributed by atoms with Crippen LogP contribution in [0.15, 0.2) is 194 Å². The number of hydrogen-bond acceptors (Lipinski definition) is 0. The normalized spacial score (nSPS) is 12.4. The molecular formula is C48H32N2. The highest BCUT2D eigenvalue weighted by Gasteiger charge is 2.17. The number of rotatable bonds is 5. The van der Waals surface area contributed by atoms with E-state index in [0.717, 1.165) is 71.9 Å². The fourth-order valence-electron chi connectivity index (χ4n) is 7.47. The first-order chi connectivity index (χ1) is 26.1. The number of hydrogen-bond donors (Lipinski definition) is 0. The van der Waals surface area contributed by atoms with Crippen molar-refractivity contribution in [1.82, 2.24) is 9.13 Å². The summed E-state index contributed by atoms with van der Waals surface area (Å²) < 4.78 is 33.1. The van der Waals surface area contributed by atoms with E-state index in [4.69, 9.17) is 0 Å². The zero-order valence-corrected chi connectivity index (χ0v) is 27.1. The van der Waals surface area contributed by atoms with Crippen molar-refractivity contribution < 1.29 is 4.11 Å². The van der Waals surface area contributed by atoms with E-state index in [0.29, 0.717) is 16.5 Å². The summed E-state index contributed by atoms with van der Waals surface area (Å²) in [7, 11) is 0. The molecule has 0 unspecified atom stereocenters. The number of nitrogens with zero attached hydrogens (tertiary/aromatic N) is 2. The monoisotopic (exact) mass is 639 g/mol. The molecule has 0 saturated heterocycles. The van der Waals surface area contributed by atoms with Gasteiger partial charge in [0.05, 0.1) is 26.2 Å². The quantitative estimate of drug-likeness (QED) is 0.177. The molecule has 2 heteroatoms. The predicted molar refractivity (Wildman–Crippen MR) is 211 cm³/mol. The van der Waals surface area contributed by atoms with Crippen LogP contribution in [0.1, 0.15) is 4.11 Å². The van der Waals surface area contributed by atoms with Gasteiger partial charge in [0.1, 0.15) is 0 Å². The molecule has 0 aliphatic heterocycles. The lowest BCUT2D eigenvalue weighted by Gasteiger charge is -2.11. The summed E-state index contributed by atoms with van der Waals surface area (Å²) in [4.78, 5) is 0. The lowest BCUT2D eigenvalue weighted by Crippen LogP contribution is -1.94. The van der Waals surface area contributed by atoms with Gasteiger partial charge in [-0.2, -0.15) is 0 Å². The third kappa shape index (κ3) is 4.57. The highest BCUT2D eigenvalue weighted by Crippen LogP contribution is 2.39. The number of fused-ring (bicyclic) bond motifs is 6. The Bertz CT molecular complexity index is 3020. The van der Waals surface area contributed by atoms with Crippen molar-refractivity contribution in [3.05, 3.63) is 194 Å². The lowest BCUT2D eigenvalue weighted by atomic mass is 9.99. The number of para-hydroxylation sites is 2. The summed E-state index contributed by atoms with van der Waals surface area (Å²) in [5.41, 5.74) is 11.2. The topological polar surface area (TPSA) is 9.86 Å². The van der Waals surface area contributed by atoms with Crippen LogP contribution in [-0.4, -0.2) is 9.13 Å². The maximum absolute atomic E-state index is 9.76. The van der Waals surface area contributed by atoms with Crippen molar-refractivity contribution in [3.63, 3.8) is 0 Å². The van der Waals surface area contributed by atoms with Gasteiger partial charge < -0.3 is 9.13 Å². The fraction of sp³-hybridized carbons (Fsp3) is 0. The Morgan fingerprint density at radius 3 is 1.64 bits per heavy atom.